The highest BCUT2D eigenvalue weighted by atomic mass is 28.4. The van der Waals surface area contributed by atoms with Gasteiger partial charge in [0.05, 0.1) is 25.9 Å². The van der Waals surface area contributed by atoms with Gasteiger partial charge in [-0.2, -0.15) is 0 Å². The molecule has 210 valence electrons. The molecule has 36 heavy (non-hydrogen) atoms. The van der Waals surface area contributed by atoms with Crippen molar-refractivity contribution in [2.24, 2.45) is 0 Å². The second-order valence-electron chi connectivity index (χ2n) is 13.9. The van der Waals surface area contributed by atoms with Crippen molar-refractivity contribution in [2.75, 3.05) is 19.8 Å². The minimum Gasteiger partial charge on any atom is -0.413 e. The summed E-state index contributed by atoms with van der Waals surface area (Å²) in [6.45, 7) is 32.4. The first-order valence-corrected chi connectivity index (χ1v) is 19.4. The number of hydrogen-bond acceptors (Lipinski definition) is 5. The number of carbonyl (C=O) groups excluding carboxylic acids is 1. The van der Waals surface area contributed by atoms with E-state index in [-0.39, 0.29) is 22.0 Å². The van der Waals surface area contributed by atoms with Crippen LogP contribution in [0.15, 0.2) is 22.8 Å². The summed E-state index contributed by atoms with van der Waals surface area (Å²) in [6.07, 6.45) is 3.80. The lowest BCUT2D eigenvalue weighted by Gasteiger charge is -2.41. The molecular weight excluding hydrogens is 484 g/mol. The van der Waals surface area contributed by atoms with Crippen LogP contribution in [0.5, 0.6) is 0 Å². The van der Waals surface area contributed by atoms with Crippen molar-refractivity contribution in [3.05, 3.63) is 22.8 Å². The fourth-order valence-corrected chi connectivity index (χ4v) is 5.88. The number of hydrogen-bond donors (Lipinski definition) is 0. The van der Waals surface area contributed by atoms with Crippen LogP contribution < -0.4 is 0 Å². The second kappa shape index (κ2) is 12.5. The third-order valence-electron chi connectivity index (χ3n) is 8.53. The fraction of sp³-hybridized carbons (Fsp3) is 0.828. The van der Waals surface area contributed by atoms with Gasteiger partial charge in [0.25, 0.3) is 0 Å². The average Bonchev–Trinajstić information content (AvgIpc) is 3.11. The van der Waals surface area contributed by atoms with Crippen LogP contribution in [-0.4, -0.2) is 54.1 Å². The summed E-state index contributed by atoms with van der Waals surface area (Å²) in [6, 6.07) is 0. The minimum absolute atomic E-state index is 0.0197. The van der Waals surface area contributed by atoms with Crippen LogP contribution in [0.1, 0.15) is 88.5 Å². The molecule has 5 nitrogen and oxygen atoms in total. The molecular formula is C29H56O5Si2. The molecule has 0 aromatic heterocycles. The van der Waals surface area contributed by atoms with E-state index >= 15 is 0 Å². The van der Waals surface area contributed by atoms with Crippen LogP contribution in [0.25, 0.3) is 0 Å². The minimum atomic E-state index is -1.99. The molecule has 1 fully saturated rings. The van der Waals surface area contributed by atoms with Crippen molar-refractivity contribution >= 4 is 22.4 Å². The standard InChI is InChI=1S/C29H56O5Si2/c1-22(15-16-33-35(11,12)27(4,5)6)26(30)20-24(3)23(2)19-25(21-29(10)31-17-18-32-29)34-36(13,14)28(7,8)9/h15,25H,16-21H2,1-14H3/b22-15+,24-23+/t25-/m1/s1. The molecule has 0 spiro atoms. The normalized spacial score (nSPS) is 19.3. The van der Waals surface area contributed by atoms with Gasteiger partial charge in [0.2, 0.25) is 0 Å². The van der Waals surface area contributed by atoms with Crippen molar-refractivity contribution in [3.63, 3.8) is 0 Å². The molecule has 0 saturated carbocycles. The van der Waals surface area contributed by atoms with E-state index in [9.17, 15) is 4.79 Å². The molecule has 1 atom stereocenters. The summed E-state index contributed by atoms with van der Waals surface area (Å²) in [5.41, 5.74) is 3.09. The molecule has 0 aliphatic carbocycles. The smallest absolute Gasteiger partial charge is 0.192 e. The number of allylic oxidation sites excluding steroid dienone is 2. The van der Waals surface area contributed by atoms with Gasteiger partial charge in [0.1, 0.15) is 0 Å². The first-order chi connectivity index (χ1) is 16.1. The third-order valence-corrected chi connectivity index (χ3v) is 17.6. The molecule has 0 amide bonds. The maximum Gasteiger partial charge on any atom is 0.192 e. The van der Waals surface area contributed by atoms with Gasteiger partial charge in [-0.3, -0.25) is 4.79 Å². The Kier molecular flexibility index (Phi) is 11.6. The Morgan fingerprint density at radius 3 is 1.89 bits per heavy atom. The maximum absolute atomic E-state index is 13.0. The quantitative estimate of drug-likeness (QED) is 0.142. The van der Waals surface area contributed by atoms with Crippen LogP contribution >= 0.6 is 0 Å². The molecule has 1 aliphatic heterocycles. The molecule has 0 aromatic rings. The monoisotopic (exact) mass is 540 g/mol. The highest BCUT2D eigenvalue weighted by Crippen LogP contribution is 2.40. The van der Waals surface area contributed by atoms with Gasteiger partial charge in [0.15, 0.2) is 28.2 Å². The van der Waals surface area contributed by atoms with E-state index in [2.05, 4.69) is 81.6 Å². The van der Waals surface area contributed by atoms with Crippen LogP contribution in [0, 0.1) is 0 Å². The van der Waals surface area contributed by atoms with Crippen molar-refractivity contribution in [2.45, 2.75) is 137 Å². The third kappa shape index (κ3) is 9.95. The molecule has 1 heterocycles. The lowest BCUT2D eigenvalue weighted by molar-refractivity contribution is -0.161. The van der Waals surface area contributed by atoms with Gasteiger partial charge >= 0.3 is 0 Å². The Labute approximate surface area is 224 Å². The Bertz CT molecular complexity index is 807. The highest BCUT2D eigenvalue weighted by Gasteiger charge is 2.42. The van der Waals surface area contributed by atoms with Gasteiger partial charge in [0, 0.05) is 12.8 Å². The number of Topliss-reactive ketones (excluding diaryl/α,β-unsaturated/α-hetero) is 1. The fourth-order valence-electron chi connectivity index (χ4n) is 3.59. The Morgan fingerprint density at radius 1 is 0.917 bits per heavy atom. The lowest BCUT2D eigenvalue weighted by Crippen LogP contribution is -2.46. The van der Waals surface area contributed by atoms with Gasteiger partial charge in [-0.1, -0.05) is 58.8 Å². The van der Waals surface area contributed by atoms with E-state index in [0.717, 1.165) is 17.6 Å². The van der Waals surface area contributed by atoms with Crippen molar-refractivity contribution in [1.29, 1.82) is 0 Å². The maximum atomic E-state index is 13.0. The molecule has 0 aromatic carbocycles. The van der Waals surface area contributed by atoms with Crippen LogP contribution in [-0.2, 0) is 23.1 Å². The first kappa shape index (κ1) is 33.5. The summed E-state index contributed by atoms with van der Waals surface area (Å²) in [7, 11) is -3.82. The van der Waals surface area contributed by atoms with E-state index in [0.29, 0.717) is 32.7 Å². The number of rotatable bonds is 12. The van der Waals surface area contributed by atoms with Crippen LogP contribution in [0.2, 0.25) is 36.3 Å². The predicted molar refractivity (Wildman–Crippen MR) is 157 cm³/mol. The number of carbonyl (C=O) groups is 1. The number of ketones is 1. The molecule has 1 rings (SSSR count). The number of ether oxygens (including phenoxy) is 2. The van der Waals surface area contributed by atoms with Crippen LogP contribution in [0.4, 0.5) is 0 Å². The Morgan fingerprint density at radius 2 is 1.42 bits per heavy atom. The predicted octanol–water partition coefficient (Wildman–Crippen LogP) is 8.18. The Hall–Kier alpha value is -0.576. The van der Waals surface area contributed by atoms with Gasteiger partial charge in [-0.25, -0.2) is 0 Å². The zero-order chi connectivity index (χ0) is 28.2. The van der Waals surface area contributed by atoms with Crippen molar-refractivity contribution < 1.29 is 23.1 Å². The second-order valence-corrected chi connectivity index (χ2v) is 23.4. The molecule has 1 saturated heterocycles. The van der Waals surface area contributed by atoms with E-state index in [1.807, 2.05) is 19.9 Å². The van der Waals surface area contributed by atoms with Gasteiger partial charge < -0.3 is 18.3 Å². The topological polar surface area (TPSA) is 54.0 Å². The summed E-state index contributed by atoms with van der Waals surface area (Å²) in [5.74, 6) is -0.456. The average molecular weight is 541 g/mol. The summed E-state index contributed by atoms with van der Waals surface area (Å²) in [4.78, 5) is 13.0. The molecule has 7 heteroatoms. The van der Waals surface area contributed by atoms with Crippen LogP contribution in [0.3, 0.4) is 0 Å². The summed E-state index contributed by atoms with van der Waals surface area (Å²) >= 11 is 0. The van der Waals surface area contributed by atoms with E-state index in [1.165, 1.54) is 5.57 Å². The SMILES string of the molecule is C/C(=C\CO[Si](C)(C)C(C)(C)C)C(=O)C/C(C)=C(\C)C[C@H](CC1(C)OCCO1)O[Si](C)(C)C(C)(C)C. The van der Waals surface area contributed by atoms with Gasteiger partial charge in [-0.15, -0.1) is 0 Å². The largest absolute Gasteiger partial charge is 0.413 e. The van der Waals surface area contributed by atoms with Crippen molar-refractivity contribution in [3.8, 4) is 0 Å². The van der Waals surface area contributed by atoms with E-state index in [1.54, 1.807) is 0 Å². The van der Waals surface area contributed by atoms with E-state index < -0.39 is 22.4 Å². The zero-order valence-corrected chi connectivity index (χ0v) is 27.9. The first-order valence-electron chi connectivity index (χ1n) is 13.5. The van der Waals surface area contributed by atoms with Gasteiger partial charge in [-0.05, 0) is 76.0 Å². The molecule has 0 unspecified atom stereocenters. The lowest BCUT2D eigenvalue weighted by atomic mass is 9.96. The molecule has 1 aliphatic rings. The molecule has 0 radical (unpaired) electrons. The molecule has 0 N–H and O–H groups in total. The van der Waals surface area contributed by atoms with Crippen molar-refractivity contribution in [1.82, 2.24) is 0 Å². The summed E-state index contributed by atoms with van der Waals surface area (Å²) in [5, 5.41) is 0.268. The van der Waals surface area contributed by atoms with E-state index in [4.69, 9.17) is 18.3 Å². The highest BCUT2D eigenvalue weighted by molar-refractivity contribution is 6.74. The zero-order valence-electron chi connectivity index (χ0n) is 25.9. The summed E-state index contributed by atoms with van der Waals surface area (Å²) < 4.78 is 24.9. The molecule has 0 bridgehead atoms. The Balaban J connectivity index is 2.93.